The summed E-state index contributed by atoms with van der Waals surface area (Å²) in [6.07, 6.45) is 8.02. The van der Waals surface area contributed by atoms with E-state index in [-0.39, 0.29) is 17.3 Å². The van der Waals surface area contributed by atoms with Crippen LogP contribution in [-0.4, -0.2) is 47.9 Å². The number of carbonyl (C=O) groups excluding carboxylic acids is 2. The fraction of sp³-hybridized carbons (Fsp3) is 0.619. The minimum absolute atomic E-state index is 0.138. The van der Waals surface area contributed by atoms with Gasteiger partial charge in [0.2, 0.25) is 5.91 Å². The summed E-state index contributed by atoms with van der Waals surface area (Å²) in [5, 5.41) is 3.19. The lowest BCUT2D eigenvalue weighted by molar-refractivity contribution is -0.124. The molecule has 1 spiro atoms. The summed E-state index contributed by atoms with van der Waals surface area (Å²) in [7, 11) is 0. The van der Waals surface area contributed by atoms with Gasteiger partial charge in [0, 0.05) is 32.0 Å². The molecule has 26 heavy (non-hydrogen) atoms. The van der Waals surface area contributed by atoms with E-state index in [9.17, 15) is 9.59 Å². The van der Waals surface area contributed by atoms with E-state index in [1.54, 1.807) is 0 Å². The van der Waals surface area contributed by atoms with Gasteiger partial charge >= 0.3 is 0 Å². The number of nitrogens with zero attached hydrogens (tertiary/aromatic N) is 1. The zero-order chi connectivity index (χ0) is 18.0. The van der Waals surface area contributed by atoms with Gasteiger partial charge < -0.3 is 10.1 Å². The summed E-state index contributed by atoms with van der Waals surface area (Å²) >= 11 is 0. The number of likely N-dealkylation sites (tertiary alicyclic amines) is 1. The number of ketones is 1. The number of rotatable bonds is 3. The smallest absolute Gasteiger partial charge is 0.234 e. The average Bonchev–Trinajstić information content (AvgIpc) is 2.65. The lowest BCUT2D eigenvalue weighted by atomic mass is 9.82. The maximum atomic E-state index is 12.5. The fourth-order valence-electron chi connectivity index (χ4n) is 4.56. The van der Waals surface area contributed by atoms with E-state index in [4.69, 9.17) is 4.74 Å². The number of nitrogens with one attached hydrogen (secondary N) is 1. The second-order valence-electron chi connectivity index (χ2n) is 8.06. The van der Waals surface area contributed by atoms with Crippen molar-refractivity contribution >= 4 is 11.7 Å². The molecule has 1 amide bonds. The molecule has 3 aliphatic rings. The second-order valence-corrected chi connectivity index (χ2v) is 8.06. The van der Waals surface area contributed by atoms with E-state index in [0.717, 1.165) is 38.8 Å². The monoisotopic (exact) mass is 356 g/mol. The molecule has 2 heterocycles. The SMILES string of the molecule is O=C(CN1CCC2(CC1)CC(=O)c1ccccc1O2)NC1CCCCC1. The predicted octanol–water partition coefficient (Wildman–Crippen LogP) is 2.94. The third kappa shape index (κ3) is 3.78. The summed E-state index contributed by atoms with van der Waals surface area (Å²) < 4.78 is 6.26. The molecule has 5 nitrogen and oxygen atoms in total. The van der Waals surface area contributed by atoms with Crippen LogP contribution in [0.15, 0.2) is 24.3 Å². The van der Waals surface area contributed by atoms with Crippen LogP contribution in [0, 0.1) is 0 Å². The van der Waals surface area contributed by atoms with Crippen molar-refractivity contribution in [3.05, 3.63) is 29.8 Å². The van der Waals surface area contributed by atoms with Crippen molar-refractivity contribution in [3.8, 4) is 5.75 Å². The molecule has 1 saturated heterocycles. The number of amides is 1. The van der Waals surface area contributed by atoms with Crippen molar-refractivity contribution in [2.24, 2.45) is 0 Å². The van der Waals surface area contributed by atoms with Crippen LogP contribution in [0.1, 0.15) is 61.7 Å². The highest BCUT2D eigenvalue weighted by molar-refractivity contribution is 6.00. The van der Waals surface area contributed by atoms with Gasteiger partial charge in [-0.25, -0.2) is 0 Å². The average molecular weight is 356 g/mol. The fourth-order valence-corrected chi connectivity index (χ4v) is 4.56. The highest BCUT2D eigenvalue weighted by Gasteiger charge is 2.42. The van der Waals surface area contributed by atoms with Crippen LogP contribution < -0.4 is 10.1 Å². The molecule has 0 bridgehead atoms. The van der Waals surface area contributed by atoms with E-state index in [2.05, 4.69) is 10.2 Å². The highest BCUT2D eigenvalue weighted by atomic mass is 16.5. The topological polar surface area (TPSA) is 58.6 Å². The van der Waals surface area contributed by atoms with Crippen molar-refractivity contribution in [2.75, 3.05) is 19.6 Å². The number of carbonyl (C=O) groups is 2. The summed E-state index contributed by atoms with van der Waals surface area (Å²) in [4.78, 5) is 27.0. The molecule has 1 saturated carbocycles. The third-order valence-electron chi connectivity index (χ3n) is 6.10. The van der Waals surface area contributed by atoms with Crippen LogP contribution in [-0.2, 0) is 4.79 Å². The van der Waals surface area contributed by atoms with Gasteiger partial charge in [-0.05, 0) is 25.0 Å². The number of benzene rings is 1. The first-order valence-electron chi connectivity index (χ1n) is 9.97. The maximum Gasteiger partial charge on any atom is 0.234 e. The number of Topliss-reactive ketones (excluding diaryl/α,β-unsaturated/α-hetero) is 1. The Labute approximate surface area is 155 Å². The van der Waals surface area contributed by atoms with Crippen LogP contribution in [0.2, 0.25) is 0 Å². The first-order valence-corrected chi connectivity index (χ1v) is 9.97. The van der Waals surface area contributed by atoms with Crippen molar-refractivity contribution in [2.45, 2.75) is 63.0 Å². The van der Waals surface area contributed by atoms with E-state index >= 15 is 0 Å². The van der Waals surface area contributed by atoms with Crippen LogP contribution in [0.25, 0.3) is 0 Å². The Morgan fingerprint density at radius 3 is 2.65 bits per heavy atom. The Morgan fingerprint density at radius 1 is 1.15 bits per heavy atom. The number of fused-ring (bicyclic) bond motifs is 1. The van der Waals surface area contributed by atoms with Crippen LogP contribution >= 0.6 is 0 Å². The normalized spacial score (nSPS) is 23.3. The van der Waals surface area contributed by atoms with Gasteiger partial charge in [-0.15, -0.1) is 0 Å². The molecule has 0 aromatic heterocycles. The maximum absolute atomic E-state index is 12.5. The molecule has 1 aliphatic carbocycles. The molecule has 5 heteroatoms. The number of para-hydroxylation sites is 1. The van der Waals surface area contributed by atoms with Gasteiger partial charge in [-0.3, -0.25) is 14.5 Å². The van der Waals surface area contributed by atoms with Crippen molar-refractivity contribution in [1.82, 2.24) is 10.2 Å². The Kier molecular flexibility index (Phi) is 4.98. The zero-order valence-corrected chi connectivity index (χ0v) is 15.3. The lowest BCUT2D eigenvalue weighted by Crippen LogP contribution is -2.53. The van der Waals surface area contributed by atoms with E-state index in [1.807, 2.05) is 24.3 Å². The molecule has 1 aromatic rings. The van der Waals surface area contributed by atoms with Crippen molar-refractivity contribution in [3.63, 3.8) is 0 Å². The second kappa shape index (κ2) is 7.39. The van der Waals surface area contributed by atoms with Crippen LogP contribution in [0.4, 0.5) is 0 Å². The van der Waals surface area contributed by atoms with Gasteiger partial charge in [-0.1, -0.05) is 31.4 Å². The van der Waals surface area contributed by atoms with E-state index in [1.165, 1.54) is 19.3 Å². The standard InChI is InChI=1S/C21H28N2O3/c24-18-14-21(26-19-9-5-4-8-17(18)19)10-12-23(13-11-21)15-20(25)22-16-6-2-1-3-7-16/h4-5,8-9,16H,1-3,6-7,10-15H2,(H,22,25). The van der Waals surface area contributed by atoms with Crippen LogP contribution in [0.3, 0.4) is 0 Å². The molecule has 0 radical (unpaired) electrons. The van der Waals surface area contributed by atoms with Gasteiger partial charge in [0.1, 0.15) is 11.4 Å². The molecule has 0 atom stereocenters. The quantitative estimate of drug-likeness (QED) is 0.905. The molecule has 2 aliphatic heterocycles. The largest absolute Gasteiger partial charge is 0.486 e. The zero-order valence-electron chi connectivity index (χ0n) is 15.3. The summed E-state index contributed by atoms with van der Waals surface area (Å²) in [6, 6.07) is 7.89. The first kappa shape index (κ1) is 17.5. The summed E-state index contributed by atoms with van der Waals surface area (Å²) in [6.45, 7) is 2.05. The first-order chi connectivity index (χ1) is 12.6. The van der Waals surface area contributed by atoms with Gasteiger partial charge in [-0.2, -0.15) is 0 Å². The molecular weight excluding hydrogens is 328 g/mol. The number of hydrogen-bond donors (Lipinski definition) is 1. The molecule has 140 valence electrons. The van der Waals surface area contributed by atoms with Gasteiger partial charge in [0.15, 0.2) is 5.78 Å². The van der Waals surface area contributed by atoms with Gasteiger partial charge in [0.25, 0.3) is 0 Å². The van der Waals surface area contributed by atoms with E-state index < -0.39 is 0 Å². The molecule has 1 aromatic carbocycles. The Balaban J connectivity index is 1.30. The minimum atomic E-state index is -0.387. The predicted molar refractivity (Wildman–Crippen MR) is 99.4 cm³/mol. The van der Waals surface area contributed by atoms with E-state index in [0.29, 0.717) is 30.3 Å². The summed E-state index contributed by atoms with van der Waals surface area (Å²) in [5.74, 6) is 1.03. The Bertz CT molecular complexity index is 674. The molecule has 2 fully saturated rings. The lowest BCUT2D eigenvalue weighted by Gasteiger charge is -2.43. The van der Waals surface area contributed by atoms with Crippen molar-refractivity contribution in [1.29, 1.82) is 0 Å². The minimum Gasteiger partial charge on any atom is -0.486 e. The molecule has 0 unspecified atom stereocenters. The Morgan fingerprint density at radius 2 is 1.88 bits per heavy atom. The van der Waals surface area contributed by atoms with Gasteiger partial charge in [0.05, 0.1) is 18.5 Å². The molecule has 4 rings (SSSR count). The van der Waals surface area contributed by atoms with Crippen molar-refractivity contribution < 1.29 is 14.3 Å². The van der Waals surface area contributed by atoms with Crippen LogP contribution in [0.5, 0.6) is 5.75 Å². The number of piperidine rings is 1. The third-order valence-corrected chi connectivity index (χ3v) is 6.10. The summed E-state index contributed by atoms with van der Waals surface area (Å²) in [5.41, 5.74) is 0.314. The Hall–Kier alpha value is -1.88. The molecular formula is C21H28N2O3. The number of hydrogen-bond acceptors (Lipinski definition) is 4. The molecule has 1 N–H and O–H groups in total. The highest BCUT2D eigenvalue weighted by Crippen LogP contribution is 2.39. The number of ether oxygens (including phenoxy) is 1.